The van der Waals surface area contributed by atoms with Gasteiger partial charge in [0.2, 0.25) is 0 Å². The summed E-state index contributed by atoms with van der Waals surface area (Å²) in [4.78, 5) is 2.47. The van der Waals surface area contributed by atoms with Gasteiger partial charge >= 0.3 is 0 Å². The first-order valence-electron chi connectivity index (χ1n) is 6.46. The summed E-state index contributed by atoms with van der Waals surface area (Å²) in [5.74, 6) is 1.69. The smallest absolute Gasteiger partial charge is 0.156 e. The fraction of sp³-hybridized carbons (Fsp3) is 0.923. The molecule has 90 valence electrons. The zero-order valence-electron chi connectivity index (χ0n) is 10.4. The number of rotatable bonds is 1. The van der Waals surface area contributed by atoms with Gasteiger partial charge in [-0.2, -0.15) is 5.26 Å². The number of hydrogen-bond donors (Lipinski definition) is 0. The summed E-state index contributed by atoms with van der Waals surface area (Å²) in [5, 5.41) is 8.90. The van der Waals surface area contributed by atoms with E-state index in [9.17, 15) is 0 Å². The third kappa shape index (κ3) is 2.56. The highest BCUT2D eigenvalue weighted by atomic mass is 16.5. The zero-order chi connectivity index (χ0) is 11.5. The van der Waals surface area contributed by atoms with Gasteiger partial charge < -0.3 is 4.74 Å². The van der Waals surface area contributed by atoms with Crippen LogP contribution in [0.5, 0.6) is 0 Å². The lowest BCUT2D eigenvalue weighted by Crippen LogP contribution is -2.49. The van der Waals surface area contributed by atoms with Crippen molar-refractivity contribution in [3.05, 3.63) is 0 Å². The molecule has 0 aromatic heterocycles. The number of nitriles is 1. The van der Waals surface area contributed by atoms with Gasteiger partial charge in [0, 0.05) is 19.1 Å². The lowest BCUT2D eigenvalue weighted by molar-refractivity contribution is -0.0300. The van der Waals surface area contributed by atoms with Crippen molar-refractivity contribution in [1.82, 2.24) is 4.90 Å². The molecule has 0 aromatic carbocycles. The quantitative estimate of drug-likeness (QED) is 0.681. The van der Waals surface area contributed by atoms with Crippen LogP contribution < -0.4 is 0 Å². The average Bonchev–Trinajstić information content (AvgIpc) is 2.33. The molecule has 2 aliphatic rings. The van der Waals surface area contributed by atoms with Gasteiger partial charge in [-0.05, 0) is 31.1 Å². The fourth-order valence-electron chi connectivity index (χ4n) is 2.93. The van der Waals surface area contributed by atoms with Crippen LogP contribution in [0.25, 0.3) is 0 Å². The van der Waals surface area contributed by atoms with E-state index >= 15 is 0 Å². The molecule has 2 rings (SSSR count). The van der Waals surface area contributed by atoms with Crippen LogP contribution in [0.15, 0.2) is 0 Å². The predicted molar refractivity (Wildman–Crippen MR) is 62.9 cm³/mol. The van der Waals surface area contributed by atoms with Crippen molar-refractivity contribution in [3.8, 4) is 6.07 Å². The van der Waals surface area contributed by atoms with Gasteiger partial charge in [-0.25, -0.2) is 0 Å². The Morgan fingerprint density at radius 3 is 2.75 bits per heavy atom. The molecule has 4 unspecified atom stereocenters. The van der Waals surface area contributed by atoms with Crippen molar-refractivity contribution < 1.29 is 4.74 Å². The molecule has 1 heterocycles. The Kier molecular flexibility index (Phi) is 3.83. The first-order chi connectivity index (χ1) is 7.70. The average molecular weight is 222 g/mol. The third-order valence-corrected chi connectivity index (χ3v) is 4.33. The largest absolute Gasteiger partial charge is 0.361 e. The molecule has 4 atom stereocenters. The van der Waals surface area contributed by atoms with Crippen LogP contribution >= 0.6 is 0 Å². The summed E-state index contributed by atoms with van der Waals surface area (Å²) in [6.45, 7) is 7.25. The van der Waals surface area contributed by atoms with Crippen molar-refractivity contribution in [2.75, 3.05) is 19.7 Å². The monoisotopic (exact) mass is 222 g/mol. The van der Waals surface area contributed by atoms with Crippen LogP contribution in [0.4, 0.5) is 0 Å². The normalized spacial score (nSPS) is 41.6. The molecule has 2 fully saturated rings. The Labute approximate surface area is 98.4 Å². The second kappa shape index (κ2) is 5.16. The minimum absolute atomic E-state index is 0.205. The summed E-state index contributed by atoms with van der Waals surface area (Å²) in [5.41, 5.74) is 0. The van der Waals surface area contributed by atoms with Gasteiger partial charge in [-0.3, -0.25) is 4.90 Å². The molecule has 0 amide bonds. The summed E-state index contributed by atoms with van der Waals surface area (Å²) in [6.07, 6.45) is 3.71. The van der Waals surface area contributed by atoms with Crippen LogP contribution in [0, 0.1) is 23.2 Å². The lowest BCUT2D eigenvalue weighted by atomic mass is 9.78. The molecule has 16 heavy (non-hydrogen) atoms. The van der Waals surface area contributed by atoms with Gasteiger partial charge in [-0.1, -0.05) is 13.8 Å². The third-order valence-electron chi connectivity index (χ3n) is 4.33. The van der Waals surface area contributed by atoms with Crippen molar-refractivity contribution >= 4 is 0 Å². The summed E-state index contributed by atoms with van der Waals surface area (Å²) in [6, 6.07) is 2.92. The van der Waals surface area contributed by atoms with E-state index in [1.807, 2.05) is 0 Å². The standard InChI is InChI=1S/C13H22N2O/c1-10-3-4-12(7-11(10)2)15-5-6-16-13(8-14)9-15/h10-13H,3-7,9H2,1-2H3. The summed E-state index contributed by atoms with van der Waals surface area (Å²) >= 11 is 0. The second-order valence-corrected chi connectivity index (χ2v) is 5.40. The van der Waals surface area contributed by atoms with Gasteiger partial charge in [0.15, 0.2) is 6.10 Å². The molecule has 0 aromatic rings. The minimum atomic E-state index is -0.205. The van der Waals surface area contributed by atoms with Crippen LogP contribution in [-0.4, -0.2) is 36.7 Å². The van der Waals surface area contributed by atoms with Crippen LogP contribution in [0.3, 0.4) is 0 Å². The Morgan fingerprint density at radius 2 is 2.06 bits per heavy atom. The van der Waals surface area contributed by atoms with E-state index in [1.165, 1.54) is 19.3 Å². The highest BCUT2D eigenvalue weighted by molar-refractivity contribution is 4.92. The maximum absolute atomic E-state index is 8.90. The highest BCUT2D eigenvalue weighted by Crippen LogP contribution is 2.32. The molecule has 0 radical (unpaired) electrons. The number of morpholine rings is 1. The first kappa shape index (κ1) is 11.9. The Hall–Kier alpha value is -0.590. The minimum Gasteiger partial charge on any atom is -0.361 e. The van der Waals surface area contributed by atoms with Crippen LogP contribution in [-0.2, 0) is 4.74 Å². The van der Waals surface area contributed by atoms with E-state index in [2.05, 4.69) is 24.8 Å². The van der Waals surface area contributed by atoms with Gasteiger partial charge in [0.25, 0.3) is 0 Å². The molecule has 3 nitrogen and oxygen atoms in total. The molecular formula is C13H22N2O. The van der Waals surface area contributed by atoms with Crippen molar-refractivity contribution in [2.45, 2.75) is 45.3 Å². The molecule has 1 aliphatic carbocycles. The second-order valence-electron chi connectivity index (χ2n) is 5.40. The van der Waals surface area contributed by atoms with E-state index < -0.39 is 0 Å². The molecule has 3 heteroatoms. The molecule has 1 saturated heterocycles. The van der Waals surface area contributed by atoms with E-state index in [0.717, 1.165) is 31.5 Å². The number of ether oxygens (including phenoxy) is 1. The molecule has 0 bridgehead atoms. The molecule has 0 N–H and O–H groups in total. The molecule has 1 saturated carbocycles. The van der Waals surface area contributed by atoms with E-state index in [-0.39, 0.29) is 6.10 Å². The molecule has 1 aliphatic heterocycles. The summed E-state index contributed by atoms with van der Waals surface area (Å²) in [7, 11) is 0. The summed E-state index contributed by atoms with van der Waals surface area (Å²) < 4.78 is 5.39. The SMILES string of the molecule is CC1CCC(N2CCOC(C#N)C2)CC1C. The fourth-order valence-corrected chi connectivity index (χ4v) is 2.93. The molecule has 0 spiro atoms. The van der Waals surface area contributed by atoms with Gasteiger partial charge in [0.05, 0.1) is 12.7 Å². The van der Waals surface area contributed by atoms with Crippen molar-refractivity contribution in [2.24, 2.45) is 11.8 Å². The van der Waals surface area contributed by atoms with Crippen molar-refractivity contribution in [1.29, 1.82) is 5.26 Å². The maximum atomic E-state index is 8.90. The first-order valence-corrected chi connectivity index (χ1v) is 6.46. The predicted octanol–water partition coefficient (Wildman–Crippen LogP) is 2.04. The van der Waals surface area contributed by atoms with Crippen molar-refractivity contribution in [3.63, 3.8) is 0 Å². The van der Waals surface area contributed by atoms with E-state index in [4.69, 9.17) is 10.00 Å². The molecular weight excluding hydrogens is 200 g/mol. The lowest BCUT2D eigenvalue weighted by Gasteiger charge is -2.41. The van der Waals surface area contributed by atoms with Crippen LogP contribution in [0.2, 0.25) is 0 Å². The van der Waals surface area contributed by atoms with E-state index in [0.29, 0.717) is 6.04 Å². The Bertz CT molecular complexity index is 274. The van der Waals surface area contributed by atoms with Crippen LogP contribution in [0.1, 0.15) is 33.1 Å². The van der Waals surface area contributed by atoms with E-state index in [1.54, 1.807) is 0 Å². The van der Waals surface area contributed by atoms with Gasteiger partial charge in [0.1, 0.15) is 0 Å². The maximum Gasteiger partial charge on any atom is 0.156 e. The zero-order valence-corrected chi connectivity index (χ0v) is 10.4. The highest BCUT2D eigenvalue weighted by Gasteiger charge is 2.31. The number of hydrogen-bond acceptors (Lipinski definition) is 3. The Morgan fingerprint density at radius 1 is 1.25 bits per heavy atom. The number of nitrogens with zero attached hydrogens (tertiary/aromatic N) is 2. The van der Waals surface area contributed by atoms with Gasteiger partial charge in [-0.15, -0.1) is 0 Å². The topological polar surface area (TPSA) is 36.3 Å². The Balaban J connectivity index is 1.90.